The van der Waals surface area contributed by atoms with E-state index in [0.717, 1.165) is 16.9 Å². The number of hydrogen-bond donors (Lipinski definition) is 1. The van der Waals surface area contributed by atoms with E-state index < -0.39 is 13.2 Å². The first-order valence-corrected chi connectivity index (χ1v) is 11.5. The lowest BCUT2D eigenvalue weighted by Gasteiger charge is -2.25. The Balaban J connectivity index is 1.96. The van der Waals surface area contributed by atoms with Crippen molar-refractivity contribution in [3.63, 3.8) is 0 Å². The van der Waals surface area contributed by atoms with Gasteiger partial charge in [-0.1, -0.05) is 42.5 Å². The molecule has 0 radical (unpaired) electrons. The molecule has 30 heavy (non-hydrogen) atoms. The quantitative estimate of drug-likeness (QED) is 0.535. The minimum absolute atomic E-state index is 0.153. The summed E-state index contributed by atoms with van der Waals surface area (Å²) in [5, 5.41) is 11.7. The molecular weight excluding hydrogens is 395 g/mol. The second kappa shape index (κ2) is 9.48. The second-order valence-corrected chi connectivity index (χ2v) is 10.1. The number of nitrogens with zero attached hydrogens (tertiary/aromatic N) is 2. The fourth-order valence-corrected chi connectivity index (χ4v) is 5.17. The van der Waals surface area contributed by atoms with E-state index in [1.165, 1.54) is 0 Å². The SMILES string of the molecule is CN(C)c1ccc([C@H](O)[P@](=O)(OCc2ccccc2)c2ccc(N(C)C)cc2)cc1. The molecular formula is C24H29N2O3P. The topological polar surface area (TPSA) is 53.0 Å². The van der Waals surface area contributed by atoms with Crippen LogP contribution in [0.5, 0.6) is 0 Å². The third kappa shape index (κ3) is 4.93. The Morgan fingerprint density at radius 2 is 1.30 bits per heavy atom. The van der Waals surface area contributed by atoms with Crippen molar-refractivity contribution in [2.75, 3.05) is 38.0 Å². The molecule has 0 saturated carbocycles. The lowest BCUT2D eigenvalue weighted by Crippen LogP contribution is -2.16. The first kappa shape index (κ1) is 22.1. The highest BCUT2D eigenvalue weighted by Gasteiger charge is 2.36. The summed E-state index contributed by atoms with van der Waals surface area (Å²) in [6.07, 6.45) is 0. The maximum Gasteiger partial charge on any atom is 0.264 e. The van der Waals surface area contributed by atoms with E-state index in [4.69, 9.17) is 4.52 Å². The Kier molecular flexibility index (Phi) is 6.99. The van der Waals surface area contributed by atoms with Gasteiger partial charge >= 0.3 is 0 Å². The van der Waals surface area contributed by atoms with Gasteiger partial charge < -0.3 is 19.4 Å². The first-order valence-electron chi connectivity index (χ1n) is 9.83. The van der Waals surface area contributed by atoms with Gasteiger partial charge in [0.1, 0.15) is 0 Å². The predicted molar refractivity (Wildman–Crippen MR) is 125 cm³/mol. The van der Waals surface area contributed by atoms with Crippen molar-refractivity contribution in [2.24, 2.45) is 0 Å². The molecule has 3 rings (SSSR count). The molecule has 1 N–H and O–H groups in total. The molecule has 0 spiro atoms. The van der Waals surface area contributed by atoms with Crippen LogP contribution in [0.3, 0.4) is 0 Å². The predicted octanol–water partition coefficient (Wildman–Crippen LogP) is 4.63. The summed E-state index contributed by atoms with van der Waals surface area (Å²) < 4.78 is 20.1. The average Bonchev–Trinajstić information content (AvgIpc) is 2.77. The fourth-order valence-electron chi connectivity index (χ4n) is 3.13. The third-order valence-corrected chi connectivity index (χ3v) is 7.49. The van der Waals surface area contributed by atoms with Crippen molar-refractivity contribution in [3.8, 4) is 0 Å². The van der Waals surface area contributed by atoms with Crippen molar-refractivity contribution >= 4 is 24.0 Å². The monoisotopic (exact) mass is 424 g/mol. The zero-order valence-electron chi connectivity index (χ0n) is 17.9. The summed E-state index contributed by atoms with van der Waals surface area (Å²) in [5.41, 5.74) is 3.45. The van der Waals surface area contributed by atoms with Gasteiger partial charge in [0.15, 0.2) is 5.85 Å². The molecule has 0 bridgehead atoms. The molecule has 6 heteroatoms. The standard InChI is InChI=1S/C24H29N2O3P/c1-25(2)21-12-10-20(11-13-21)24(27)30(28,29-18-19-8-6-5-7-9-19)23-16-14-22(15-17-23)26(3)4/h5-17,24,27H,18H2,1-4H3/t24-,30-/m1/s1. The van der Waals surface area contributed by atoms with Gasteiger partial charge in [0, 0.05) is 44.9 Å². The van der Waals surface area contributed by atoms with Crippen LogP contribution >= 0.6 is 7.37 Å². The number of anilines is 2. The molecule has 0 fully saturated rings. The van der Waals surface area contributed by atoms with E-state index in [0.29, 0.717) is 10.9 Å². The van der Waals surface area contributed by atoms with Gasteiger partial charge in [0.05, 0.1) is 6.61 Å². The van der Waals surface area contributed by atoms with E-state index >= 15 is 0 Å². The van der Waals surface area contributed by atoms with Crippen LogP contribution in [0.25, 0.3) is 0 Å². The van der Waals surface area contributed by atoms with Crippen LogP contribution in [0.1, 0.15) is 17.0 Å². The molecule has 0 amide bonds. The third-order valence-electron chi connectivity index (χ3n) is 5.02. The number of aliphatic hydroxyl groups is 1. The first-order chi connectivity index (χ1) is 14.3. The van der Waals surface area contributed by atoms with Crippen molar-refractivity contribution in [1.29, 1.82) is 0 Å². The van der Waals surface area contributed by atoms with E-state index in [9.17, 15) is 9.67 Å². The van der Waals surface area contributed by atoms with Crippen molar-refractivity contribution in [2.45, 2.75) is 12.5 Å². The highest BCUT2D eigenvalue weighted by Crippen LogP contribution is 2.58. The molecule has 0 aromatic heterocycles. The van der Waals surface area contributed by atoms with Crippen LogP contribution < -0.4 is 15.1 Å². The van der Waals surface area contributed by atoms with Gasteiger partial charge in [-0.25, -0.2) is 0 Å². The highest BCUT2D eigenvalue weighted by atomic mass is 31.2. The highest BCUT2D eigenvalue weighted by molar-refractivity contribution is 7.67. The minimum Gasteiger partial charge on any atom is -0.378 e. The van der Waals surface area contributed by atoms with E-state index in [2.05, 4.69) is 0 Å². The van der Waals surface area contributed by atoms with Gasteiger partial charge in [-0.15, -0.1) is 0 Å². The summed E-state index contributed by atoms with van der Waals surface area (Å²) >= 11 is 0. The second-order valence-electron chi connectivity index (χ2n) is 7.63. The normalized spacial score (nSPS) is 14.0. The molecule has 3 aromatic rings. The average molecular weight is 424 g/mol. The maximum atomic E-state index is 14.1. The van der Waals surface area contributed by atoms with Crippen LogP contribution in [0.4, 0.5) is 11.4 Å². The number of hydrogen-bond acceptors (Lipinski definition) is 5. The molecule has 0 aliphatic heterocycles. The zero-order chi connectivity index (χ0) is 21.7. The van der Waals surface area contributed by atoms with Crippen LogP contribution in [0, 0.1) is 0 Å². The summed E-state index contributed by atoms with van der Waals surface area (Å²) in [6, 6.07) is 24.3. The van der Waals surface area contributed by atoms with Crippen molar-refractivity contribution in [3.05, 3.63) is 90.0 Å². The molecule has 158 valence electrons. The Bertz CT molecular complexity index is 987. The number of aliphatic hydroxyl groups excluding tert-OH is 1. The largest absolute Gasteiger partial charge is 0.378 e. The Morgan fingerprint density at radius 1 is 0.800 bits per heavy atom. The molecule has 0 saturated heterocycles. The molecule has 3 aromatic carbocycles. The number of benzene rings is 3. The Labute approximate surface area is 179 Å². The lowest BCUT2D eigenvalue weighted by molar-refractivity contribution is 0.210. The minimum atomic E-state index is -3.62. The molecule has 0 unspecified atom stereocenters. The van der Waals surface area contributed by atoms with Crippen LogP contribution in [0.2, 0.25) is 0 Å². The molecule has 0 aliphatic carbocycles. The summed E-state index contributed by atoms with van der Waals surface area (Å²) in [6.45, 7) is 0.153. The maximum absolute atomic E-state index is 14.1. The fraction of sp³-hybridized carbons (Fsp3) is 0.250. The lowest BCUT2D eigenvalue weighted by atomic mass is 10.2. The molecule has 5 nitrogen and oxygen atoms in total. The van der Waals surface area contributed by atoms with Gasteiger partial charge in [-0.3, -0.25) is 4.57 Å². The van der Waals surface area contributed by atoms with Gasteiger partial charge in [0.25, 0.3) is 7.37 Å². The molecule has 0 aliphatic rings. The van der Waals surface area contributed by atoms with E-state index in [-0.39, 0.29) is 6.61 Å². The van der Waals surface area contributed by atoms with E-state index in [1.807, 2.05) is 92.6 Å². The van der Waals surface area contributed by atoms with Crippen molar-refractivity contribution in [1.82, 2.24) is 0 Å². The van der Waals surface area contributed by atoms with Gasteiger partial charge in [-0.05, 0) is 47.5 Å². The van der Waals surface area contributed by atoms with Gasteiger partial charge in [-0.2, -0.15) is 0 Å². The summed E-state index contributed by atoms with van der Waals surface area (Å²) in [4.78, 5) is 3.94. The Morgan fingerprint density at radius 3 is 1.80 bits per heavy atom. The molecule has 2 atom stereocenters. The number of rotatable bonds is 8. The zero-order valence-corrected chi connectivity index (χ0v) is 18.8. The van der Waals surface area contributed by atoms with Gasteiger partial charge in [0.2, 0.25) is 0 Å². The van der Waals surface area contributed by atoms with Crippen molar-refractivity contribution < 1.29 is 14.2 Å². The van der Waals surface area contributed by atoms with Crippen LogP contribution in [-0.4, -0.2) is 33.3 Å². The molecule has 0 heterocycles. The smallest absolute Gasteiger partial charge is 0.264 e. The summed E-state index contributed by atoms with van der Waals surface area (Å²) in [5.74, 6) is -1.26. The Hall–Kier alpha value is -2.59. The van der Waals surface area contributed by atoms with E-state index in [1.54, 1.807) is 24.3 Å². The summed E-state index contributed by atoms with van der Waals surface area (Å²) in [7, 11) is 4.18. The van der Waals surface area contributed by atoms with Crippen LogP contribution in [0.15, 0.2) is 78.9 Å². The van der Waals surface area contributed by atoms with Crippen LogP contribution in [-0.2, 0) is 15.7 Å².